The lowest BCUT2D eigenvalue weighted by Gasteiger charge is -2.19. The van der Waals surface area contributed by atoms with Gasteiger partial charge in [0.1, 0.15) is 0 Å². The van der Waals surface area contributed by atoms with Crippen molar-refractivity contribution in [2.75, 3.05) is 0 Å². The second kappa shape index (κ2) is 2.84. The highest BCUT2D eigenvalue weighted by molar-refractivity contribution is 4.87. The highest BCUT2D eigenvalue weighted by Gasteiger charge is 2.18. The molecular formula is C7H11NO. The highest BCUT2D eigenvalue weighted by atomic mass is 16.3. The molecule has 1 aliphatic carbocycles. The summed E-state index contributed by atoms with van der Waals surface area (Å²) in [5.41, 5.74) is 0. The van der Waals surface area contributed by atoms with Gasteiger partial charge in [0.25, 0.3) is 0 Å². The average molecular weight is 125 g/mol. The van der Waals surface area contributed by atoms with Crippen LogP contribution in [0.3, 0.4) is 0 Å². The third-order valence-corrected chi connectivity index (χ3v) is 1.83. The van der Waals surface area contributed by atoms with Gasteiger partial charge in [0.05, 0.1) is 12.2 Å². The van der Waals surface area contributed by atoms with Crippen molar-refractivity contribution in [1.82, 2.24) is 0 Å². The number of rotatable bonds is 0. The summed E-state index contributed by atoms with van der Waals surface area (Å²) >= 11 is 0. The van der Waals surface area contributed by atoms with Crippen LogP contribution < -0.4 is 0 Å². The molecule has 2 unspecified atom stereocenters. The summed E-state index contributed by atoms with van der Waals surface area (Å²) in [6.07, 6.45) is 3.37. The van der Waals surface area contributed by atoms with Crippen LogP contribution in [-0.2, 0) is 0 Å². The monoisotopic (exact) mass is 125 g/mol. The third kappa shape index (κ3) is 1.69. The van der Waals surface area contributed by atoms with Gasteiger partial charge < -0.3 is 5.11 Å². The van der Waals surface area contributed by atoms with Crippen molar-refractivity contribution in [2.45, 2.75) is 31.8 Å². The van der Waals surface area contributed by atoms with Crippen molar-refractivity contribution < 1.29 is 5.11 Å². The molecule has 0 aromatic rings. The quantitative estimate of drug-likeness (QED) is 0.526. The van der Waals surface area contributed by atoms with E-state index in [1.807, 2.05) is 0 Å². The van der Waals surface area contributed by atoms with E-state index in [1.54, 1.807) is 0 Å². The van der Waals surface area contributed by atoms with Crippen LogP contribution in [0.4, 0.5) is 0 Å². The van der Waals surface area contributed by atoms with E-state index in [-0.39, 0.29) is 12.0 Å². The van der Waals surface area contributed by atoms with Gasteiger partial charge in [-0.1, -0.05) is 0 Å². The first-order valence-electron chi connectivity index (χ1n) is 3.40. The third-order valence-electron chi connectivity index (χ3n) is 1.83. The first-order chi connectivity index (χ1) is 4.33. The van der Waals surface area contributed by atoms with Crippen LogP contribution in [0.25, 0.3) is 0 Å². The molecule has 2 atom stereocenters. The Labute approximate surface area is 55.1 Å². The van der Waals surface area contributed by atoms with Crippen LogP contribution in [0.5, 0.6) is 0 Å². The molecule has 0 aromatic heterocycles. The number of hydrogen-bond donors (Lipinski definition) is 1. The van der Waals surface area contributed by atoms with Crippen molar-refractivity contribution >= 4 is 0 Å². The van der Waals surface area contributed by atoms with E-state index in [0.717, 1.165) is 19.3 Å². The summed E-state index contributed by atoms with van der Waals surface area (Å²) in [6, 6.07) is 2.17. The highest BCUT2D eigenvalue weighted by Crippen LogP contribution is 2.22. The topological polar surface area (TPSA) is 44.0 Å². The molecule has 1 N–H and O–H groups in total. The minimum absolute atomic E-state index is 0.119. The Hall–Kier alpha value is -0.550. The van der Waals surface area contributed by atoms with Gasteiger partial charge in [-0.15, -0.1) is 0 Å². The van der Waals surface area contributed by atoms with Gasteiger partial charge in [0.15, 0.2) is 0 Å². The van der Waals surface area contributed by atoms with E-state index in [1.165, 1.54) is 0 Å². The Morgan fingerprint density at radius 3 is 2.67 bits per heavy atom. The van der Waals surface area contributed by atoms with Gasteiger partial charge >= 0.3 is 0 Å². The minimum Gasteiger partial charge on any atom is -0.393 e. The molecule has 0 bridgehead atoms. The lowest BCUT2D eigenvalue weighted by Crippen LogP contribution is -2.17. The van der Waals surface area contributed by atoms with Crippen LogP contribution in [0.2, 0.25) is 0 Å². The molecule has 0 amide bonds. The van der Waals surface area contributed by atoms with Gasteiger partial charge in [0.2, 0.25) is 0 Å². The van der Waals surface area contributed by atoms with Crippen LogP contribution >= 0.6 is 0 Å². The number of hydrogen-bond acceptors (Lipinski definition) is 2. The molecule has 0 aliphatic heterocycles. The van der Waals surface area contributed by atoms with Crippen LogP contribution in [0.15, 0.2) is 0 Å². The smallest absolute Gasteiger partial charge is 0.0656 e. The summed E-state index contributed by atoms with van der Waals surface area (Å²) in [6.45, 7) is 0. The lowest BCUT2D eigenvalue weighted by atomic mass is 9.88. The number of nitrogens with zero attached hydrogens (tertiary/aromatic N) is 1. The lowest BCUT2D eigenvalue weighted by molar-refractivity contribution is 0.115. The van der Waals surface area contributed by atoms with Crippen molar-refractivity contribution in [1.29, 1.82) is 5.26 Å². The molecule has 2 heteroatoms. The normalized spacial score (nSPS) is 35.6. The molecule has 9 heavy (non-hydrogen) atoms. The van der Waals surface area contributed by atoms with Crippen LogP contribution in [-0.4, -0.2) is 11.2 Å². The fourth-order valence-corrected chi connectivity index (χ4v) is 1.28. The molecule has 1 saturated carbocycles. The SMILES string of the molecule is N#CC1CCCC(O)C1. The van der Waals surface area contributed by atoms with E-state index in [9.17, 15) is 0 Å². The Morgan fingerprint density at radius 1 is 1.44 bits per heavy atom. The van der Waals surface area contributed by atoms with E-state index >= 15 is 0 Å². The second-order valence-corrected chi connectivity index (χ2v) is 2.65. The maximum atomic E-state index is 9.06. The Balaban J connectivity index is 2.34. The Bertz CT molecular complexity index is 127. The van der Waals surface area contributed by atoms with Gasteiger partial charge in [0, 0.05) is 5.92 Å². The molecule has 2 nitrogen and oxygen atoms in total. The van der Waals surface area contributed by atoms with Crippen molar-refractivity contribution in [3.8, 4) is 6.07 Å². The van der Waals surface area contributed by atoms with Gasteiger partial charge in [-0.3, -0.25) is 0 Å². The zero-order valence-electron chi connectivity index (χ0n) is 5.38. The predicted octanol–water partition coefficient (Wildman–Crippen LogP) is 1.06. The maximum absolute atomic E-state index is 9.06. The summed E-state index contributed by atoms with van der Waals surface area (Å²) in [7, 11) is 0. The van der Waals surface area contributed by atoms with Crippen molar-refractivity contribution in [2.24, 2.45) is 5.92 Å². The van der Waals surface area contributed by atoms with E-state index in [2.05, 4.69) is 6.07 Å². The molecule has 0 heterocycles. The molecule has 1 fully saturated rings. The molecule has 50 valence electrons. The van der Waals surface area contributed by atoms with Crippen molar-refractivity contribution in [3.63, 3.8) is 0 Å². The first-order valence-corrected chi connectivity index (χ1v) is 3.40. The molecule has 0 saturated heterocycles. The molecule has 0 spiro atoms. The largest absolute Gasteiger partial charge is 0.393 e. The minimum atomic E-state index is -0.205. The van der Waals surface area contributed by atoms with E-state index in [0.29, 0.717) is 6.42 Å². The molecule has 1 aliphatic rings. The van der Waals surface area contributed by atoms with E-state index < -0.39 is 0 Å². The van der Waals surface area contributed by atoms with Crippen LogP contribution in [0.1, 0.15) is 25.7 Å². The fraction of sp³-hybridized carbons (Fsp3) is 0.857. The van der Waals surface area contributed by atoms with Gasteiger partial charge in [-0.2, -0.15) is 5.26 Å². The molecule has 0 aromatic carbocycles. The molecule has 0 radical (unpaired) electrons. The molecular weight excluding hydrogens is 114 g/mol. The predicted molar refractivity (Wildman–Crippen MR) is 33.6 cm³/mol. The van der Waals surface area contributed by atoms with Gasteiger partial charge in [-0.25, -0.2) is 0 Å². The summed E-state index contributed by atoms with van der Waals surface area (Å²) in [4.78, 5) is 0. The number of nitriles is 1. The summed E-state index contributed by atoms with van der Waals surface area (Å²) in [5.74, 6) is 0.119. The zero-order chi connectivity index (χ0) is 6.69. The summed E-state index contributed by atoms with van der Waals surface area (Å²) in [5, 5.41) is 17.5. The van der Waals surface area contributed by atoms with Crippen LogP contribution in [0, 0.1) is 17.2 Å². The van der Waals surface area contributed by atoms with E-state index in [4.69, 9.17) is 10.4 Å². The zero-order valence-corrected chi connectivity index (χ0v) is 5.38. The summed E-state index contributed by atoms with van der Waals surface area (Å²) < 4.78 is 0. The van der Waals surface area contributed by atoms with Gasteiger partial charge in [-0.05, 0) is 25.7 Å². The fourth-order valence-electron chi connectivity index (χ4n) is 1.28. The van der Waals surface area contributed by atoms with Crippen molar-refractivity contribution in [3.05, 3.63) is 0 Å². The average Bonchev–Trinajstić information content (AvgIpc) is 1.88. The standard InChI is InChI=1S/C7H11NO/c8-5-6-2-1-3-7(9)4-6/h6-7,9H,1-4H2. The number of aliphatic hydroxyl groups excluding tert-OH is 1. The maximum Gasteiger partial charge on any atom is 0.0656 e. The second-order valence-electron chi connectivity index (χ2n) is 2.65. The Kier molecular flexibility index (Phi) is 2.07. The molecule has 1 rings (SSSR count). The Morgan fingerprint density at radius 2 is 2.22 bits per heavy atom. The first kappa shape index (κ1) is 6.57. The number of aliphatic hydroxyl groups is 1.